The van der Waals surface area contributed by atoms with Gasteiger partial charge in [-0.2, -0.15) is 0 Å². The summed E-state index contributed by atoms with van der Waals surface area (Å²) in [6, 6.07) is 4.97. The van der Waals surface area contributed by atoms with E-state index in [1.165, 1.54) is 44.3 Å². The van der Waals surface area contributed by atoms with Crippen molar-refractivity contribution in [2.75, 3.05) is 47.5 Å². The maximum absolute atomic E-state index is 5.53. The summed E-state index contributed by atoms with van der Waals surface area (Å²) in [7, 11) is 5.02. The summed E-state index contributed by atoms with van der Waals surface area (Å²) in [6.07, 6.45) is 5.83. The zero-order chi connectivity index (χ0) is 21.3. The van der Waals surface area contributed by atoms with Crippen LogP contribution in [0.2, 0.25) is 0 Å². The lowest BCUT2D eigenvalue weighted by Gasteiger charge is -2.52. The maximum atomic E-state index is 5.53. The summed E-state index contributed by atoms with van der Waals surface area (Å²) in [5.41, 5.74) is 1.22. The second kappa shape index (κ2) is 9.35. The second-order valence-electron chi connectivity index (χ2n) is 9.99. The topological polar surface area (TPSA) is 34.2 Å². The smallest absolute Gasteiger partial charge is 0.203 e. The van der Waals surface area contributed by atoms with Crippen LogP contribution in [0.25, 0.3) is 0 Å². The van der Waals surface area contributed by atoms with Gasteiger partial charge in [0.15, 0.2) is 11.5 Å². The molecular weight excluding hydrogens is 376 g/mol. The highest BCUT2D eigenvalue weighted by atomic mass is 16.5. The number of methoxy groups -OCH3 is 3. The third-order valence-corrected chi connectivity index (χ3v) is 7.81. The molecule has 5 atom stereocenters. The van der Waals surface area contributed by atoms with Crippen molar-refractivity contribution in [3.8, 4) is 17.2 Å². The van der Waals surface area contributed by atoms with E-state index in [2.05, 4.69) is 35.8 Å². The molecule has 1 heterocycles. The predicted octanol–water partition coefficient (Wildman–Crippen LogP) is 4.29. The number of piperazine rings is 1. The molecule has 2 bridgehead atoms. The lowest BCUT2D eigenvalue weighted by molar-refractivity contribution is -0.0230. The minimum atomic E-state index is 0.667. The second-order valence-corrected chi connectivity index (χ2v) is 9.99. The molecule has 5 unspecified atom stereocenters. The first-order valence-corrected chi connectivity index (χ1v) is 11.8. The van der Waals surface area contributed by atoms with E-state index in [-0.39, 0.29) is 0 Å². The summed E-state index contributed by atoms with van der Waals surface area (Å²) in [6.45, 7) is 10.6. The Bertz CT molecular complexity index is 687. The fourth-order valence-electron chi connectivity index (χ4n) is 6.77. The van der Waals surface area contributed by atoms with Crippen LogP contribution in [0.3, 0.4) is 0 Å². The van der Waals surface area contributed by atoms with Crippen LogP contribution in [0.1, 0.15) is 45.1 Å². The molecule has 5 nitrogen and oxygen atoms in total. The van der Waals surface area contributed by atoms with Gasteiger partial charge in [0.05, 0.1) is 21.3 Å². The number of nitrogens with zero attached hydrogens (tertiary/aromatic N) is 2. The predicted molar refractivity (Wildman–Crippen MR) is 121 cm³/mol. The molecule has 3 aliphatic rings. The molecular formula is C25H40N2O3. The molecule has 1 saturated heterocycles. The van der Waals surface area contributed by atoms with E-state index < -0.39 is 0 Å². The average molecular weight is 417 g/mol. The highest BCUT2D eigenvalue weighted by Gasteiger charge is 2.42. The van der Waals surface area contributed by atoms with Crippen LogP contribution in [0.4, 0.5) is 0 Å². The molecule has 2 aliphatic carbocycles. The molecule has 1 aliphatic heterocycles. The van der Waals surface area contributed by atoms with Crippen LogP contribution in [-0.2, 0) is 6.54 Å². The molecule has 0 spiro atoms. The van der Waals surface area contributed by atoms with Gasteiger partial charge in [-0.25, -0.2) is 0 Å². The Morgan fingerprint density at radius 1 is 0.833 bits per heavy atom. The van der Waals surface area contributed by atoms with Crippen molar-refractivity contribution in [3.63, 3.8) is 0 Å². The fourth-order valence-corrected chi connectivity index (χ4v) is 6.77. The minimum Gasteiger partial charge on any atom is -0.493 e. The van der Waals surface area contributed by atoms with Crippen LogP contribution in [-0.4, -0.2) is 63.4 Å². The average Bonchev–Trinajstić information content (AvgIpc) is 2.73. The van der Waals surface area contributed by atoms with E-state index in [0.717, 1.165) is 60.8 Å². The van der Waals surface area contributed by atoms with Crippen LogP contribution >= 0.6 is 0 Å². The molecule has 0 amide bonds. The van der Waals surface area contributed by atoms with Gasteiger partial charge in [-0.1, -0.05) is 13.8 Å². The summed E-state index contributed by atoms with van der Waals surface area (Å²) in [4.78, 5) is 5.40. The van der Waals surface area contributed by atoms with E-state index in [1.807, 2.05) is 0 Å². The van der Waals surface area contributed by atoms with Gasteiger partial charge in [0.2, 0.25) is 5.75 Å². The summed E-state index contributed by atoms with van der Waals surface area (Å²) in [5, 5.41) is 0. The van der Waals surface area contributed by atoms with E-state index >= 15 is 0 Å². The monoisotopic (exact) mass is 416 g/mol. The molecule has 0 N–H and O–H groups in total. The number of rotatable bonds is 6. The Labute approximate surface area is 182 Å². The first-order valence-electron chi connectivity index (χ1n) is 11.8. The van der Waals surface area contributed by atoms with Gasteiger partial charge in [-0.05, 0) is 67.1 Å². The zero-order valence-electron chi connectivity index (χ0n) is 19.5. The third kappa shape index (κ3) is 4.43. The number of benzene rings is 1. The number of ether oxygens (including phenoxy) is 3. The first-order chi connectivity index (χ1) is 14.5. The van der Waals surface area contributed by atoms with Gasteiger partial charge in [-0.3, -0.25) is 9.80 Å². The van der Waals surface area contributed by atoms with Crippen LogP contribution in [0, 0.1) is 23.7 Å². The van der Waals surface area contributed by atoms with E-state index in [4.69, 9.17) is 14.2 Å². The van der Waals surface area contributed by atoms with Crippen molar-refractivity contribution < 1.29 is 14.2 Å². The molecule has 5 heteroatoms. The van der Waals surface area contributed by atoms with Crippen molar-refractivity contribution in [3.05, 3.63) is 17.7 Å². The molecule has 3 fully saturated rings. The molecule has 1 aromatic rings. The molecule has 30 heavy (non-hydrogen) atoms. The molecule has 4 rings (SSSR count). The van der Waals surface area contributed by atoms with Gasteiger partial charge in [0, 0.05) is 38.8 Å². The fraction of sp³-hybridized carbons (Fsp3) is 0.760. The summed E-state index contributed by atoms with van der Waals surface area (Å²) >= 11 is 0. The van der Waals surface area contributed by atoms with Gasteiger partial charge in [0.25, 0.3) is 0 Å². The van der Waals surface area contributed by atoms with Gasteiger partial charge in [0.1, 0.15) is 0 Å². The Morgan fingerprint density at radius 3 is 2.10 bits per heavy atom. The minimum absolute atomic E-state index is 0.667. The van der Waals surface area contributed by atoms with Crippen molar-refractivity contribution in [1.82, 2.24) is 9.80 Å². The van der Waals surface area contributed by atoms with Crippen molar-refractivity contribution in [1.29, 1.82) is 0 Å². The lowest BCUT2D eigenvalue weighted by atomic mass is 9.62. The number of hydrogen-bond donors (Lipinski definition) is 0. The standard InChI is InChI=1S/C25H40N2O3/c1-17-10-19-12-18(2)24(21(11-17)13-19)27-8-6-26(7-9-27)16-20-14-22(28-3)25(30-5)23(15-20)29-4/h14-15,17-19,21,24H,6-13,16H2,1-5H3. The normalized spacial score (nSPS) is 32.6. The number of hydrogen-bond acceptors (Lipinski definition) is 5. The highest BCUT2D eigenvalue weighted by molar-refractivity contribution is 5.53. The summed E-state index contributed by atoms with van der Waals surface area (Å²) in [5.74, 6) is 5.83. The maximum Gasteiger partial charge on any atom is 0.203 e. The number of fused-ring (bicyclic) bond motifs is 2. The molecule has 0 aromatic heterocycles. The zero-order valence-corrected chi connectivity index (χ0v) is 19.5. The lowest BCUT2D eigenvalue weighted by Crippen LogP contribution is -2.56. The van der Waals surface area contributed by atoms with Gasteiger partial charge >= 0.3 is 0 Å². The van der Waals surface area contributed by atoms with Crippen molar-refractivity contribution in [2.24, 2.45) is 23.7 Å². The van der Waals surface area contributed by atoms with Crippen LogP contribution < -0.4 is 14.2 Å². The van der Waals surface area contributed by atoms with Gasteiger partial charge < -0.3 is 14.2 Å². The van der Waals surface area contributed by atoms with Crippen LogP contribution in [0.5, 0.6) is 17.2 Å². The first kappa shape index (κ1) is 21.8. The van der Waals surface area contributed by atoms with E-state index in [1.54, 1.807) is 21.3 Å². The Hall–Kier alpha value is -1.46. The Kier molecular flexibility index (Phi) is 6.78. The van der Waals surface area contributed by atoms with Gasteiger partial charge in [-0.15, -0.1) is 0 Å². The van der Waals surface area contributed by atoms with Crippen molar-refractivity contribution in [2.45, 2.75) is 52.1 Å². The molecule has 168 valence electrons. The SMILES string of the molecule is COc1cc(CN2CCN(C3C(C)CC4CC(C)CC3C4)CC2)cc(OC)c1OC. The van der Waals surface area contributed by atoms with E-state index in [9.17, 15) is 0 Å². The quantitative estimate of drug-likeness (QED) is 0.691. The third-order valence-electron chi connectivity index (χ3n) is 7.81. The Morgan fingerprint density at radius 2 is 1.50 bits per heavy atom. The largest absolute Gasteiger partial charge is 0.493 e. The highest BCUT2D eigenvalue weighted by Crippen LogP contribution is 2.46. The molecule has 1 aromatic carbocycles. The van der Waals surface area contributed by atoms with Crippen molar-refractivity contribution >= 4 is 0 Å². The summed E-state index contributed by atoms with van der Waals surface area (Å²) < 4.78 is 16.5. The molecule has 0 radical (unpaired) electrons. The molecule has 2 saturated carbocycles. The van der Waals surface area contributed by atoms with E-state index in [0.29, 0.717) is 5.75 Å². The van der Waals surface area contributed by atoms with Crippen LogP contribution in [0.15, 0.2) is 12.1 Å². The Balaban J connectivity index is 1.38.